The van der Waals surface area contributed by atoms with Gasteiger partial charge in [-0.05, 0) is 6.08 Å². The summed E-state index contributed by atoms with van der Waals surface area (Å²) in [6, 6.07) is -1.42. The number of carboxylic acids is 1. The van der Waals surface area contributed by atoms with Gasteiger partial charge in [0.15, 0.2) is 10.8 Å². The summed E-state index contributed by atoms with van der Waals surface area (Å²) in [5.41, 5.74) is 5.60. The molecule has 2 aromatic rings. The molecule has 0 bridgehead atoms. The number of hydrogen-bond acceptors (Lipinski definition) is 12. The maximum Gasteiger partial charge on any atom is 0.353 e. The summed E-state index contributed by atoms with van der Waals surface area (Å²) in [4.78, 5) is 48.0. The van der Waals surface area contributed by atoms with E-state index >= 15 is 0 Å². The minimum Gasteiger partial charge on any atom is -0.477 e. The van der Waals surface area contributed by atoms with Gasteiger partial charge in [0.2, 0.25) is 0 Å². The van der Waals surface area contributed by atoms with E-state index in [0.29, 0.717) is 21.4 Å². The Morgan fingerprint density at radius 2 is 2.35 bits per heavy atom. The molecule has 2 aliphatic rings. The molecule has 0 saturated carbocycles. The number of rotatable bonds is 9. The van der Waals surface area contributed by atoms with Gasteiger partial charge in [-0.2, -0.15) is 10.3 Å². The molecule has 13 nitrogen and oxygen atoms in total. The molecule has 1 saturated heterocycles. The van der Waals surface area contributed by atoms with Crippen LogP contribution in [0, 0.1) is 0 Å². The standard InChI is InChI=1S/C18H18N8O5S3/c1-31-24-12(8-6-34-18(19)21-8)15(27)22-13-9-7-33-10(14(17(29)30)26(9)16(13)28)3-2-4-32-11-5-20-25-23-11/h2-3,5-6,9,13H,4,7H2,1H3,(H2,19,21)(H,22,27)(H,29,30)(H,20,23,25)/b3-2+,24-12?. The molecule has 0 radical (unpaired) electrons. The monoisotopic (exact) mass is 522 g/mol. The second-order valence-electron chi connectivity index (χ2n) is 6.77. The van der Waals surface area contributed by atoms with E-state index in [9.17, 15) is 19.5 Å². The highest BCUT2D eigenvalue weighted by molar-refractivity contribution is 8.03. The zero-order valence-electron chi connectivity index (χ0n) is 17.5. The number of β-lactam (4-membered cyclic amide) rings is 1. The van der Waals surface area contributed by atoms with Crippen LogP contribution in [-0.4, -0.2) is 84.6 Å². The first-order valence-electron chi connectivity index (χ1n) is 9.62. The van der Waals surface area contributed by atoms with Crippen LogP contribution in [0.3, 0.4) is 0 Å². The summed E-state index contributed by atoms with van der Waals surface area (Å²) in [6.07, 6.45) is 5.05. The molecule has 0 spiro atoms. The number of nitrogens with zero attached hydrogens (tertiary/aromatic N) is 5. The number of nitrogens with one attached hydrogen (secondary N) is 2. The average Bonchev–Trinajstić information content (AvgIpc) is 3.49. The third kappa shape index (κ3) is 4.78. The Hall–Kier alpha value is -3.37. The molecule has 34 heavy (non-hydrogen) atoms. The van der Waals surface area contributed by atoms with E-state index in [2.05, 4.69) is 30.9 Å². The molecule has 0 aliphatic carbocycles. The summed E-state index contributed by atoms with van der Waals surface area (Å²) >= 11 is 3.85. The number of aromatic amines is 1. The van der Waals surface area contributed by atoms with Gasteiger partial charge < -0.3 is 21.0 Å². The summed E-state index contributed by atoms with van der Waals surface area (Å²) < 4.78 is 0. The Bertz CT molecular complexity index is 1190. The number of carbonyl (C=O) groups is 3. The fourth-order valence-corrected chi connectivity index (χ4v) is 5.65. The lowest BCUT2D eigenvalue weighted by Crippen LogP contribution is -2.73. The Balaban J connectivity index is 1.46. The van der Waals surface area contributed by atoms with Crippen molar-refractivity contribution in [2.45, 2.75) is 17.1 Å². The van der Waals surface area contributed by atoms with Gasteiger partial charge in [-0.15, -0.1) is 28.2 Å². The molecule has 1 fully saturated rings. The summed E-state index contributed by atoms with van der Waals surface area (Å²) in [7, 11) is 1.28. The first-order chi connectivity index (χ1) is 16.4. The molecule has 2 amide bonds. The number of fused-ring (bicyclic) bond motifs is 1. The van der Waals surface area contributed by atoms with Crippen molar-refractivity contribution in [2.75, 3.05) is 24.3 Å². The number of thiazole rings is 1. The molecule has 2 unspecified atom stereocenters. The molecule has 4 rings (SSSR count). The van der Waals surface area contributed by atoms with Crippen molar-refractivity contribution in [3.05, 3.63) is 40.0 Å². The molecular weight excluding hydrogens is 504 g/mol. The third-order valence-electron chi connectivity index (χ3n) is 4.74. The second-order valence-corrected chi connectivity index (χ2v) is 9.76. The summed E-state index contributed by atoms with van der Waals surface area (Å²) in [6.45, 7) is 0. The normalized spacial score (nSPS) is 20.3. The fraction of sp³-hybridized carbons (Fsp3) is 0.278. The number of aromatic nitrogens is 4. The number of oxime groups is 1. The highest BCUT2D eigenvalue weighted by Gasteiger charge is 2.53. The van der Waals surface area contributed by atoms with Gasteiger partial charge >= 0.3 is 5.97 Å². The van der Waals surface area contributed by atoms with Crippen molar-refractivity contribution >= 4 is 63.5 Å². The van der Waals surface area contributed by atoms with E-state index in [1.807, 2.05) is 0 Å². The van der Waals surface area contributed by atoms with Crippen molar-refractivity contribution in [3.8, 4) is 0 Å². The lowest BCUT2D eigenvalue weighted by atomic mass is 9.94. The average molecular weight is 523 g/mol. The lowest BCUT2D eigenvalue weighted by Gasteiger charge is -2.49. The maximum atomic E-state index is 12.9. The molecule has 5 N–H and O–H groups in total. The SMILES string of the molecule is CON=C(C(=O)NC1C(=O)N2C(C(=O)O)=C(/C=C/CSc3cn[nH]n3)SCC12)c1csc(N)n1. The van der Waals surface area contributed by atoms with Gasteiger partial charge in [0, 0.05) is 21.8 Å². The van der Waals surface area contributed by atoms with Crippen molar-refractivity contribution < 1.29 is 24.3 Å². The number of nitrogen functional groups attached to an aromatic ring is 1. The Kier molecular flexibility index (Phi) is 7.18. The van der Waals surface area contributed by atoms with Gasteiger partial charge in [-0.25, -0.2) is 9.78 Å². The second kappa shape index (κ2) is 10.3. The molecule has 4 heterocycles. The van der Waals surface area contributed by atoms with Gasteiger partial charge in [-0.1, -0.05) is 23.0 Å². The smallest absolute Gasteiger partial charge is 0.353 e. The number of anilines is 1. The van der Waals surface area contributed by atoms with Crippen molar-refractivity contribution in [3.63, 3.8) is 0 Å². The minimum atomic E-state index is -1.22. The lowest BCUT2D eigenvalue weighted by molar-refractivity contribution is -0.153. The molecule has 0 aromatic carbocycles. The molecule has 178 valence electrons. The summed E-state index contributed by atoms with van der Waals surface area (Å²) in [5.74, 6) is -1.47. The van der Waals surface area contributed by atoms with Gasteiger partial charge in [-0.3, -0.25) is 14.5 Å². The van der Waals surface area contributed by atoms with Crippen molar-refractivity contribution in [2.24, 2.45) is 5.16 Å². The quantitative estimate of drug-likeness (QED) is 0.153. The first-order valence-corrected chi connectivity index (χ1v) is 12.5. The number of nitrogens with two attached hydrogens (primary N) is 1. The van der Waals surface area contributed by atoms with Gasteiger partial charge in [0.25, 0.3) is 11.8 Å². The first kappa shape index (κ1) is 23.8. The van der Waals surface area contributed by atoms with Crippen LogP contribution in [0.2, 0.25) is 0 Å². The number of carbonyl (C=O) groups excluding carboxylic acids is 2. The van der Waals surface area contributed by atoms with E-state index in [1.165, 1.54) is 35.5 Å². The van der Waals surface area contributed by atoms with Crippen LogP contribution in [0.1, 0.15) is 5.69 Å². The number of H-pyrrole nitrogens is 1. The van der Waals surface area contributed by atoms with Crippen LogP contribution in [-0.2, 0) is 19.2 Å². The zero-order chi connectivity index (χ0) is 24.2. The fourth-order valence-electron chi connectivity index (χ4n) is 3.30. The zero-order valence-corrected chi connectivity index (χ0v) is 19.9. The van der Waals surface area contributed by atoms with Crippen molar-refractivity contribution in [1.29, 1.82) is 0 Å². The van der Waals surface area contributed by atoms with Gasteiger partial charge in [0.1, 0.15) is 29.6 Å². The number of thioether (sulfide) groups is 2. The molecule has 16 heteroatoms. The van der Waals surface area contributed by atoms with E-state index in [0.717, 1.165) is 11.3 Å². The van der Waals surface area contributed by atoms with Crippen LogP contribution in [0.5, 0.6) is 0 Å². The van der Waals surface area contributed by atoms with Crippen LogP contribution in [0.25, 0.3) is 0 Å². The molecule has 2 aliphatic heterocycles. The molecule has 2 atom stereocenters. The molecular formula is C18H18N8O5S3. The number of allylic oxidation sites excluding steroid dienone is 1. The highest BCUT2D eigenvalue weighted by Crippen LogP contribution is 2.39. The van der Waals surface area contributed by atoms with Crippen LogP contribution in [0.4, 0.5) is 5.13 Å². The minimum absolute atomic E-state index is 0.113. The van der Waals surface area contributed by atoms with E-state index in [-0.39, 0.29) is 22.2 Å². The van der Waals surface area contributed by atoms with Crippen LogP contribution >= 0.6 is 34.9 Å². The van der Waals surface area contributed by atoms with E-state index < -0.39 is 29.9 Å². The van der Waals surface area contributed by atoms with E-state index in [1.54, 1.807) is 23.7 Å². The number of aliphatic carboxylic acids is 1. The topological polar surface area (TPSA) is 189 Å². The van der Waals surface area contributed by atoms with Crippen molar-refractivity contribution in [1.82, 2.24) is 30.6 Å². The Morgan fingerprint density at radius 3 is 3.00 bits per heavy atom. The Labute approximate surface area is 204 Å². The number of carboxylic acid groups (broad SMARTS) is 1. The van der Waals surface area contributed by atoms with E-state index in [4.69, 9.17) is 10.6 Å². The summed E-state index contributed by atoms with van der Waals surface area (Å²) in [5, 5.41) is 28.7. The van der Waals surface area contributed by atoms with Gasteiger partial charge in [0.05, 0.1) is 12.2 Å². The highest BCUT2D eigenvalue weighted by atomic mass is 32.2. The van der Waals surface area contributed by atoms with Crippen LogP contribution < -0.4 is 11.1 Å². The molecule has 2 aromatic heterocycles. The maximum absolute atomic E-state index is 12.9. The number of amides is 2. The predicted molar refractivity (Wildman–Crippen MR) is 126 cm³/mol. The third-order valence-corrected chi connectivity index (χ3v) is 7.42. The van der Waals surface area contributed by atoms with Crippen LogP contribution in [0.15, 0.2) is 44.5 Å². The Morgan fingerprint density at radius 1 is 1.53 bits per heavy atom. The largest absolute Gasteiger partial charge is 0.477 e. The number of hydrogen-bond donors (Lipinski definition) is 4. The predicted octanol–water partition coefficient (Wildman–Crippen LogP) is 0.281.